The zero-order valence-electron chi connectivity index (χ0n) is 22.8. The highest BCUT2D eigenvalue weighted by atomic mass is 32.2. The fourth-order valence-corrected chi connectivity index (χ4v) is 7.36. The van der Waals surface area contributed by atoms with Crippen LogP contribution < -0.4 is 5.73 Å². The number of amides is 1. The number of nitrogens with two attached hydrogens (primary N) is 1. The van der Waals surface area contributed by atoms with Crippen molar-refractivity contribution >= 4 is 35.0 Å². The second-order valence-electron chi connectivity index (χ2n) is 11.7. The van der Waals surface area contributed by atoms with Gasteiger partial charge in [0.05, 0.1) is 23.6 Å². The van der Waals surface area contributed by atoms with Crippen molar-refractivity contribution in [3.05, 3.63) is 45.7 Å². The maximum Gasteiger partial charge on any atom is 0.255 e. The van der Waals surface area contributed by atoms with Gasteiger partial charge in [-0.2, -0.15) is 11.8 Å². The Hall–Kier alpha value is -2.86. The van der Waals surface area contributed by atoms with E-state index >= 15 is 0 Å². The number of ketones is 2. The summed E-state index contributed by atoms with van der Waals surface area (Å²) in [4.78, 5) is 41.1. The number of rotatable bonds is 5. The highest BCUT2D eigenvalue weighted by molar-refractivity contribution is 7.99. The molecule has 3 unspecified atom stereocenters. The van der Waals surface area contributed by atoms with Crippen molar-refractivity contribution in [2.45, 2.75) is 56.8 Å². The van der Waals surface area contributed by atoms with E-state index in [2.05, 4.69) is 0 Å². The van der Waals surface area contributed by atoms with Crippen molar-refractivity contribution in [3.8, 4) is 5.75 Å². The molecule has 6 atom stereocenters. The lowest BCUT2D eigenvalue weighted by molar-refractivity contribution is -0.169. The first-order chi connectivity index (χ1) is 18.0. The second-order valence-corrected chi connectivity index (χ2v) is 13.0. The summed E-state index contributed by atoms with van der Waals surface area (Å²) in [7, 11) is 2.97. The van der Waals surface area contributed by atoms with Gasteiger partial charge in [0, 0.05) is 28.7 Å². The number of phenolic OH excluding ortho intramolecular Hbond substituents is 1. The average molecular weight is 561 g/mol. The van der Waals surface area contributed by atoms with Crippen LogP contribution >= 0.6 is 11.8 Å². The van der Waals surface area contributed by atoms with Gasteiger partial charge in [0.15, 0.2) is 11.4 Å². The van der Waals surface area contributed by atoms with Crippen LogP contribution in [0.5, 0.6) is 5.75 Å². The number of carbonyl (C=O) groups excluding carboxylic acids is 3. The molecule has 0 heterocycles. The zero-order valence-corrected chi connectivity index (χ0v) is 23.7. The monoisotopic (exact) mass is 560 g/mol. The molecule has 39 heavy (non-hydrogen) atoms. The molecule has 7 N–H and O–H groups in total. The number of hydrogen-bond donors (Lipinski definition) is 6. The first kappa shape index (κ1) is 29.1. The first-order valence-corrected chi connectivity index (χ1v) is 14.0. The molecule has 1 aromatic rings. The normalized spacial score (nSPS) is 30.8. The molecule has 1 aromatic carbocycles. The molecule has 212 valence electrons. The number of thioether (sulfide) groups is 1. The minimum absolute atomic E-state index is 0.0209. The lowest BCUT2D eigenvalue weighted by Gasteiger charge is -2.54. The molecule has 1 saturated carbocycles. The zero-order chi connectivity index (χ0) is 29.4. The van der Waals surface area contributed by atoms with Crippen LogP contribution in [0.1, 0.15) is 50.3 Å². The lowest BCUT2D eigenvalue weighted by atomic mass is 9.54. The predicted octanol–water partition coefficient (Wildman–Crippen LogP) is 1.53. The van der Waals surface area contributed by atoms with Gasteiger partial charge in [0.25, 0.3) is 5.91 Å². The van der Waals surface area contributed by atoms with Gasteiger partial charge in [0.1, 0.15) is 22.8 Å². The number of aromatic hydroxyl groups is 1. The fourth-order valence-electron chi connectivity index (χ4n) is 6.48. The molecule has 0 aromatic heterocycles. The number of carbonyl (C=O) groups is 3. The minimum atomic E-state index is -2.93. The Morgan fingerprint density at radius 2 is 1.77 bits per heavy atom. The van der Waals surface area contributed by atoms with Crippen molar-refractivity contribution in [1.82, 2.24) is 4.90 Å². The molecule has 1 amide bonds. The summed E-state index contributed by atoms with van der Waals surface area (Å²) in [5.74, 6) is -7.67. The van der Waals surface area contributed by atoms with Crippen molar-refractivity contribution in [3.63, 3.8) is 0 Å². The Balaban J connectivity index is 2.09. The van der Waals surface area contributed by atoms with Gasteiger partial charge in [-0.1, -0.05) is 39.8 Å². The summed E-state index contributed by atoms with van der Waals surface area (Å²) in [6.45, 7) is 7.59. The van der Waals surface area contributed by atoms with Gasteiger partial charge >= 0.3 is 0 Å². The largest absolute Gasteiger partial charge is 0.508 e. The van der Waals surface area contributed by atoms with Crippen molar-refractivity contribution < 1.29 is 39.9 Å². The van der Waals surface area contributed by atoms with Crippen LogP contribution in [-0.4, -0.2) is 91.3 Å². The van der Waals surface area contributed by atoms with Crippen LogP contribution in [0, 0.1) is 11.8 Å². The molecule has 0 spiro atoms. The maximum atomic E-state index is 14.2. The van der Waals surface area contributed by atoms with E-state index in [0.29, 0.717) is 22.6 Å². The number of aliphatic hydroxyl groups excluding tert-OH is 3. The van der Waals surface area contributed by atoms with Crippen LogP contribution in [0.15, 0.2) is 29.0 Å². The van der Waals surface area contributed by atoms with Crippen molar-refractivity contribution in [1.29, 1.82) is 0 Å². The second kappa shape index (κ2) is 9.65. The molecule has 3 aliphatic rings. The maximum absolute atomic E-state index is 14.2. The highest BCUT2D eigenvalue weighted by Crippen LogP contribution is 2.57. The molecule has 4 rings (SSSR count). The van der Waals surface area contributed by atoms with E-state index in [1.54, 1.807) is 12.1 Å². The van der Waals surface area contributed by atoms with E-state index in [9.17, 15) is 39.9 Å². The van der Waals surface area contributed by atoms with Crippen molar-refractivity contribution in [2.75, 3.05) is 25.6 Å². The summed E-state index contributed by atoms with van der Waals surface area (Å²) < 4.78 is 0. The van der Waals surface area contributed by atoms with E-state index in [1.807, 2.05) is 27.7 Å². The van der Waals surface area contributed by atoms with Crippen molar-refractivity contribution in [2.24, 2.45) is 17.6 Å². The first-order valence-electron chi connectivity index (χ1n) is 12.8. The van der Waals surface area contributed by atoms with E-state index in [4.69, 9.17) is 5.73 Å². The molecule has 11 heteroatoms. The summed E-state index contributed by atoms with van der Waals surface area (Å²) in [5, 5.41) is 57.7. The summed E-state index contributed by atoms with van der Waals surface area (Å²) in [6, 6.07) is 2.14. The van der Waals surface area contributed by atoms with Gasteiger partial charge in [-0.05, 0) is 30.8 Å². The van der Waals surface area contributed by atoms with E-state index < -0.39 is 75.5 Å². The number of phenols is 1. The third-order valence-electron chi connectivity index (χ3n) is 8.24. The number of Topliss-reactive ketones (excluding diaryl/α,β-unsaturated/α-hetero) is 2. The third kappa shape index (κ3) is 4.01. The Morgan fingerprint density at radius 3 is 2.28 bits per heavy atom. The molecule has 10 nitrogen and oxygen atoms in total. The summed E-state index contributed by atoms with van der Waals surface area (Å²) >= 11 is 1.53. The fraction of sp³-hybridized carbons (Fsp3) is 0.536. The minimum Gasteiger partial charge on any atom is -0.508 e. The number of likely N-dealkylation sites (N-methyl/N-ethyl adjacent to an activating group) is 1. The molecule has 0 radical (unpaired) electrons. The predicted molar refractivity (Wildman–Crippen MR) is 146 cm³/mol. The quantitative estimate of drug-likeness (QED) is 0.289. The lowest BCUT2D eigenvalue weighted by Crippen LogP contribution is -2.70. The van der Waals surface area contributed by atoms with Gasteiger partial charge in [-0.3, -0.25) is 19.3 Å². The Morgan fingerprint density at radius 1 is 1.15 bits per heavy atom. The van der Waals surface area contributed by atoms with Crippen LogP contribution in [0.2, 0.25) is 0 Å². The molecule has 0 bridgehead atoms. The number of aliphatic hydroxyl groups is 4. The van der Waals surface area contributed by atoms with E-state index in [-0.39, 0.29) is 16.9 Å². The Bertz CT molecular complexity index is 1330. The molecule has 3 aliphatic carbocycles. The SMILES string of the molecule is CCSCC1c2ccc(C(C)(C)C)c(O)c2C(O)=C2C(=O)[C@]3(O)C(O)=C(C(N)=O)C(=O)[C@@H](N(C)C)C3[C@@H](O)C21. The summed E-state index contributed by atoms with van der Waals surface area (Å²) in [6.07, 6.45) is -1.61. The number of benzene rings is 1. The van der Waals surface area contributed by atoms with Crippen LogP contribution in [0.4, 0.5) is 0 Å². The van der Waals surface area contributed by atoms with Gasteiger partial charge in [-0.25, -0.2) is 0 Å². The number of primary amides is 1. The molecule has 1 fully saturated rings. The smallest absolute Gasteiger partial charge is 0.255 e. The number of hydrogen-bond acceptors (Lipinski definition) is 10. The standard InChI is InChI=1S/C28H36N2O8S/c1-7-39-10-12-11-8-9-13(27(2,3)4)20(31)15(11)21(32)16-14(12)22(33)18-19(30(5)6)23(34)17(26(29)37)25(36)28(18,38)24(16)35/h8-9,12,14,18-19,22,31-33,36,38H,7,10H2,1-6H3,(H2,29,37)/t12?,14?,18?,19-,22-,28-/m0/s1. The van der Waals surface area contributed by atoms with Gasteiger partial charge < -0.3 is 31.3 Å². The molecule has 0 saturated heterocycles. The third-order valence-corrected chi connectivity index (χ3v) is 9.25. The van der Waals surface area contributed by atoms with Crippen LogP contribution in [0.3, 0.4) is 0 Å². The topological polar surface area (TPSA) is 182 Å². The number of nitrogens with zero attached hydrogens (tertiary/aromatic N) is 1. The Kier molecular flexibility index (Phi) is 7.21. The molecule has 0 aliphatic heterocycles. The average Bonchev–Trinajstić information content (AvgIpc) is 2.82. The summed E-state index contributed by atoms with van der Waals surface area (Å²) in [5.41, 5.74) is 1.67. The van der Waals surface area contributed by atoms with E-state index in [1.165, 1.54) is 30.8 Å². The molecular weight excluding hydrogens is 524 g/mol. The van der Waals surface area contributed by atoms with Gasteiger partial charge in [0.2, 0.25) is 5.78 Å². The van der Waals surface area contributed by atoms with Gasteiger partial charge in [-0.15, -0.1) is 0 Å². The van der Waals surface area contributed by atoms with Crippen LogP contribution in [0.25, 0.3) is 5.76 Å². The molecular formula is C28H36N2O8S. The Labute approximate surface area is 231 Å². The number of fused-ring (bicyclic) bond motifs is 3. The van der Waals surface area contributed by atoms with Crippen LogP contribution in [-0.2, 0) is 19.8 Å². The van der Waals surface area contributed by atoms with E-state index in [0.717, 1.165) is 0 Å². The highest BCUT2D eigenvalue weighted by Gasteiger charge is 2.68.